The van der Waals surface area contributed by atoms with E-state index in [4.69, 9.17) is 9.47 Å². The van der Waals surface area contributed by atoms with E-state index in [9.17, 15) is 20.2 Å². The van der Waals surface area contributed by atoms with Crippen LogP contribution in [-0.4, -0.2) is 28.8 Å². The Morgan fingerprint density at radius 3 is 2.75 bits per heavy atom. The van der Waals surface area contributed by atoms with E-state index in [1.54, 1.807) is 6.07 Å². The summed E-state index contributed by atoms with van der Waals surface area (Å²) in [6, 6.07) is 7.00. The minimum atomic E-state index is -0.707. The number of rotatable bonds is 7. The molecule has 1 N–H and O–H groups in total. The van der Waals surface area contributed by atoms with Gasteiger partial charge in [0.25, 0.3) is 5.69 Å². The van der Waals surface area contributed by atoms with Crippen molar-refractivity contribution in [1.82, 2.24) is 0 Å². The highest BCUT2D eigenvalue weighted by Gasteiger charge is 2.22. The average molecular weight is 386 g/mol. The highest BCUT2D eigenvalue weighted by atomic mass is 16.6. The van der Waals surface area contributed by atoms with Crippen molar-refractivity contribution in [2.24, 2.45) is 5.10 Å². The number of anilines is 1. The van der Waals surface area contributed by atoms with E-state index in [-0.39, 0.29) is 17.5 Å². The monoisotopic (exact) mass is 386 g/mol. The molecule has 0 saturated carbocycles. The van der Waals surface area contributed by atoms with Crippen molar-refractivity contribution < 1.29 is 19.3 Å². The second-order valence-corrected chi connectivity index (χ2v) is 6.15. The van der Waals surface area contributed by atoms with Gasteiger partial charge in [-0.2, -0.15) is 5.10 Å². The molecule has 0 unspecified atom stereocenters. The maximum Gasteiger partial charge on any atom is 0.301 e. The summed E-state index contributed by atoms with van der Waals surface area (Å²) in [5.74, 6) is 1.38. The van der Waals surface area contributed by atoms with Gasteiger partial charge < -0.3 is 9.47 Å². The van der Waals surface area contributed by atoms with Gasteiger partial charge >= 0.3 is 5.69 Å². The molecule has 10 heteroatoms. The zero-order valence-electron chi connectivity index (χ0n) is 15.2. The zero-order valence-corrected chi connectivity index (χ0v) is 15.2. The summed E-state index contributed by atoms with van der Waals surface area (Å²) < 4.78 is 11.4. The molecule has 0 saturated heterocycles. The van der Waals surface area contributed by atoms with Crippen LogP contribution in [0, 0.1) is 20.2 Å². The van der Waals surface area contributed by atoms with Crippen molar-refractivity contribution in [1.29, 1.82) is 0 Å². The summed E-state index contributed by atoms with van der Waals surface area (Å²) in [5.41, 5.74) is 3.48. The minimum Gasteiger partial charge on any atom is -0.493 e. The fourth-order valence-corrected chi connectivity index (χ4v) is 2.89. The summed E-state index contributed by atoms with van der Waals surface area (Å²) in [6.07, 6.45) is 2.33. The molecule has 1 aliphatic rings. The van der Waals surface area contributed by atoms with Crippen LogP contribution >= 0.6 is 0 Å². The quantitative estimate of drug-likeness (QED) is 0.436. The first-order chi connectivity index (χ1) is 13.4. The molecule has 0 aliphatic carbocycles. The van der Waals surface area contributed by atoms with Gasteiger partial charge in [0.2, 0.25) is 0 Å². The van der Waals surface area contributed by atoms with Crippen LogP contribution < -0.4 is 14.9 Å². The SMILES string of the molecule is CCOc1cc2c(cc1/C=N\Nc1ccc([N+](=O)[O-])cc1[N+](=O)[O-])O[C@H](C)C2. The Kier molecular flexibility index (Phi) is 5.39. The number of non-ortho nitro benzene ring substituents is 1. The lowest BCUT2D eigenvalue weighted by Crippen LogP contribution is -2.05. The molecular weight excluding hydrogens is 368 g/mol. The normalized spacial score (nSPS) is 15.1. The van der Waals surface area contributed by atoms with Gasteiger partial charge in [0.15, 0.2) is 0 Å². The molecule has 0 radical (unpaired) electrons. The molecule has 2 aromatic rings. The van der Waals surface area contributed by atoms with Gasteiger partial charge in [-0.15, -0.1) is 0 Å². The second-order valence-electron chi connectivity index (χ2n) is 6.15. The number of benzene rings is 2. The van der Waals surface area contributed by atoms with Crippen molar-refractivity contribution in [2.45, 2.75) is 26.4 Å². The van der Waals surface area contributed by atoms with Gasteiger partial charge in [-0.25, -0.2) is 0 Å². The third-order valence-corrected chi connectivity index (χ3v) is 4.11. The fourth-order valence-electron chi connectivity index (χ4n) is 2.89. The third kappa shape index (κ3) is 4.00. The lowest BCUT2D eigenvalue weighted by Gasteiger charge is -2.09. The Labute approximate surface area is 160 Å². The number of hydrogen-bond acceptors (Lipinski definition) is 8. The van der Waals surface area contributed by atoms with E-state index in [1.807, 2.05) is 19.9 Å². The van der Waals surface area contributed by atoms with Crippen LogP contribution in [0.5, 0.6) is 11.5 Å². The zero-order chi connectivity index (χ0) is 20.3. The van der Waals surface area contributed by atoms with Crippen LogP contribution in [0.4, 0.5) is 17.1 Å². The molecule has 28 heavy (non-hydrogen) atoms. The summed E-state index contributed by atoms with van der Waals surface area (Å²) in [6.45, 7) is 4.31. The molecule has 2 aromatic carbocycles. The molecule has 1 heterocycles. The maximum absolute atomic E-state index is 11.2. The summed E-state index contributed by atoms with van der Waals surface area (Å²) in [7, 11) is 0. The van der Waals surface area contributed by atoms with Crippen LogP contribution in [0.3, 0.4) is 0 Å². The standard InChI is InChI=1S/C18H18N4O6/c1-3-27-17-7-12-6-11(2)28-18(12)8-13(17)10-19-20-15-5-4-14(21(23)24)9-16(15)22(25)26/h4-5,7-11,20H,3,6H2,1-2H3/b19-10-/t11-/m1/s1. The number of hydrogen-bond donors (Lipinski definition) is 1. The first-order valence-corrected chi connectivity index (χ1v) is 8.57. The van der Waals surface area contributed by atoms with Gasteiger partial charge in [-0.1, -0.05) is 0 Å². The Morgan fingerprint density at radius 1 is 1.29 bits per heavy atom. The Hall–Kier alpha value is -3.69. The number of nitro benzene ring substituents is 2. The maximum atomic E-state index is 11.2. The van der Waals surface area contributed by atoms with Gasteiger partial charge in [0.1, 0.15) is 23.3 Å². The highest BCUT2D eigenvalue weighted by Crippen LogP contribution is 2.34. The van der Waals surface area contributed by atoms with Crippen LogP contribution in [0.15, 0.2) is 35.4 Å². The van der Waals surface area contributed by atoms with Crippen molar-refractivity contribution in [3.8, 4) is 11.5 Å². The predicted octanol–water partition coefficient (Wildman–Crippen LogP) is 3.67. The highest BCUT2D eigenvalue weighted by molar-refractivity contribution is 5.85. The van der Waals surface area contributed by atoms with Crippen LogP contribution in [0.2, 0.25) is 0 Å². The lowest BCUT2D eigenvalue weighted by atomic mass is 10.1. The first-order valence-electron chi connectivity index (χ1n) is 8.57. The number of fused-ring (bicyclic) bond motifs is 1. The van der Waals surface area contributed by atoms with Crippen molar-refractivity contribution >= 4 is 23.3 Å². The lowest BCUT2D eigenvalue weighted by molar-refractivity contribution is -0.393. The average Bonchev–Trinajstić information content (AvgIpc) is 3.00. The van der Waals surface area contributed by atoms with E-state index in [0.29, 0.717) is 17.9 Å². The molecular formula is C18H18N4O6. The molecule has 3 rings (SSSR count). The number of nitro groups is 2. The number of hydrazone groups is 1. The van der Waals surface area contributed by atoms with Crippen molar-refractivity contribution in [2.75, 3.05) is 12.0 Å². The molecule has 10 nitrogen and oxygen atoms in total. The van der Waals surface area contributed by atoms with Gasteiger partial charge in [0, 0.05) is 23.6 Å². The van der Waals surface area contributed by atoms with E-state index in [0.717, 1.165) is 23.8 Å². The first kappa shape index (κ1) is 19.1. The van der Waals surface area contributed by atoms with Crippen LogP contribution in [-0.2, 0) is 6.42 Å². The molecule has 0 fully saturated rings. The predicted molar refractivity (Wildman–Crippen MR) is 102 cm³/mol. The van der Waals surface area contributed by atoms with Crippen molar-refractivity contribution in [3.05, 3.63) is 61.7 Å². The van der Waals surface area contributed by atoms with Gasteiger partial charge in [0.05, 0.1) is 28.7 Å². The van der Waals surface area contributed by atoms with Crippen molar-refractivity contribution in [3.63, 3.8) is 0 Å². The van der Waals surface area contributed by atoms with Crippen LogP contribution in [0.25, 0.3) is 0 Å². The van der Waals surface area contributed by atoms with E-state index >= 15 is 0 Å². The Morgan fingerprint density at radius 2 is 2.07 bits per heavy atom. The van der Waals surface area contributed by atoms with E-state index in [2.05, 4.69) is 10.5 Å². The largest absolute Gasteiger partial charge is 0.493 e. The summed E-state index contributed by atoms with van der Waals surface area (Å²) >= 11 is 0. The summed E-state index contributed by atoms with van der Waals surface area (Å²) in [4.78, 5) is 20.6. The number of ether oxygens (including phenoxy) is 2. The van der Waals surface area contributed by atoms with E-state index < -0.39 is 15.5 Å². The van der Waals surface area contributed by atoms with Gasteiger partial charge in [-0.05, 0) is 32.0 Å². The molecule has 1 atom stereocenters. The number of nitrogens with zero attached hydrogens (tertiary/aromatic N) is 3. The third-order valence-electron chi connectivity index (χ3n) is 4.11. The number of nitrogens with one attached hydrogen (secondary N) is 1. The molecule has 0 bridgehead atoms. The summed E-state index contributed by atoms with van der Waals surface area (Å²) in [5, 5.41) is 26.0. The molecule has 146 valence electrons. The smallest absolute Gasteiger partial charge is 0.301 e. The fraction of sp³-hybridized carbons (Fsp3) is 0.278. The molecule has 1 aliphatic heterocycles. The minimum absolute atomic E-state index is 0.0378. The second kappa shape index (κ2) is 7.91. The Bertz CT molecular complexity index is 959. The molecule has 0 aromatic heterocycles. The molecule has 0 spiro atoms. The Balaban J connectivity index is 1.86. The van der Waals surface area contributed by atoms with E-state index in [1.165, 1.54) is 18.3 Å². The molecule has 0 amide bonds. The van der Waals surface area contributed by atoms with Crippen LogP contribution in [0.1, 0.15) is 25.0 Å². The topological polar surface area (TPSA) is 129 Å². The van der Waals surface area contributed by atoms with Gasteiger partial charge in [-0.3, -0.25) is 25.7 Å².